The van der Waals surface area contributed by atoms with E-state index in [2.05, 4.69) is 15.3 Å². The van der Waals surface area contributed by atoms with E-state index in [0.29, 0.717) is 16.9 Å². The van der Waals surface area contributed by atoms with Crippen LogP contribution in [0.1, 0.15) is 26.3 Å². The van der Waals surface area contributed by atoms with Gasteiger partial charge in [0, 0.05) is 0 Å². The Balaban J connectivity index is 1.74. The first kappa shape index (κ1) is 18.1. The molecular formula is C21H18N2O4. The van der Waals surface area contributed by atoms with Gasteiger partial charge in [-0.25, -0.2) is 10.2 Å². The summed E-state index contributed by atoms with van der Waals surface area (Å²) in [6.45, 7) is 0. The molecule has 0 saturated carbocycles. The molecule has 3 aromatic rings. The summed E-state index contributed by atoms with van der Waals surface area (Å²) in [5.74, 6) is -0.306. The van der Waals surface area contributed by atoms with Crippen molar-refractivity contribution in [2.24, 2.45) is 5.10 Å². The summed E-state index contributed by atoms with van der Waals surface area (Å²) in [6.07, 6.45) is 1.49. The van der Waals surface area contributed by atoms with E-state index in [0.717, 1.165) is 16.3 Å². The highest BCUT2D eigenvalue weighted by Gasteiger charge is 2.13. The number of methoxy groups -OCH3 is 2. The van der Waals surface area contributed by atoms with Gasteiger partial charge in [-0.15, -0.1) is 0 Å². The summed E-state index contributed by atoms with van der Waals surface area (Å²) in [6, 6.07) is 18.0. The van der Waals surface area contributed by atoms with E-state index >= 15 is 0 Å². The van der Waals surface area contributed by atoms with Crippen LogP contribution in [0.3, 0.4) is 0 Å². The number of ether oxygens (including phenoxy) is 2. The Morgan fingerprint density at radius 3 is 2.26 bits per heavy atom. The molecule has 27 heavy (non-hydrogen) atoms. The second-order valence-corrected chi connectivity index (χ2v) is 5.71. The lowest BCUT2D eigenvalue weighted by Gasteiger charge is -2.09. The van der Waals surface area contributed by atoms with E-state index < -0.39 is 5.97 Å². The largest absolute Gasteiger partial charge is 0.496 e. The molecule has 0 aliphatic rings. The monoisotopic (exact) mass is 362 g/mol. The molecule has 136 valence electrons. The second-order valence-electron chi connectivity index (χ2n) is 5.71. The zero-order valence-electron chi connectivity index (χ0n) is 14.9. The van der Waals surface area contributed by atoms with Gasteiger partial charge in [0.05, 0.1) is 31.6 Å². The number of nitrogens with one attached hydrogen (secondary N) is 1. The maximum absolute atomic E-state index is 12.5. The number of amides is 1. The van der Waals surface area contributed by atoms with Gasteiger partial charge in [0.25, 0.3) is 5.91 Å². The van der Waals surface area contributed by atoms with E-state index in [4.69, 9.17) is 4.74 Å². The molecule has 0 fully saturated rings. The van der Waals surface area contributed by atoms with Crippen LogP contribution in [0, 0.1) is 0 Å². The van der Waals surface area contributed by atoms with Gasteiger partial charge >= 0.3 is 5.97 Å². The minimum Gasteiger partial charge on any atom is -0.496 e. The zero-order valence-corrected chi connectivity index (χ0v) is 14.9. The molecule has 0 aromatic heterocycles. The first-order valence-electron chi connectivity index (χ1n) is 8.21. The van der Waals surface area contributed by atoms with Gasteiger partial charge in [-0.2, -0.15) is 5.10 Å². The van der Waals surface area contributed by atoms with Crippen molar-refractivity contribution in [1.82, 2.24) is 5.43 Å². The molecular weight excluding hydrogens is 344 g/mol. The molecule has 0 unspecified atom stereocenters. The lowest BCUT2D eigenvalue weighted by atomic mass is 10.1. The normalized spacial score (nSPS) is 10.7. The van der Waals surface area contributed by atoms with Crippen molar-refractivity contribution in [3.8, 4) is 5.75 Å². The van der Waals surface area contributed by atoms with Crippen molar-refractivity contribution in [3.63, 3.8) is 0 Å². The van der Waals surface area contributed by atoms with Gasteiger partial charge in [-0.1, -0.05) is 36.4 Å². The van der Waals surface area contributed by atoms with Crippen LogP contribution in [0.15, 0.2) is 65.8 Å². The lowest BCUT2D eigenvalue weighted by Crippen LogP contribution is -2.18. The molecule has 1 amide bonds. The fraction of sp³-hybridized carbons (Fsp3) is 0.0952. The van der Waals surface area contributed by atoms with Crippen molar-refractivity contribution in [1.29, 1.82) is 0 Å². The Morgan fingerprint density at radius 2 is 1.63 bits per heavy atom. The number of carbonyl (C=O) groups excluding carboxylic acids is 2. The summed E-state index contributed by atoms with van der Waals surface area (Å²) in [4.78, 5) is 23.9. The zero-order chi connectivity index (χ0) is 19.2. The molecule has 0 aliphatic carbocycles. The van der Waals surface area contributed by atoms with Gasteiger partial charge < -0.3 is 9.47 Å². The minimum absolute atomic E-state index is 0.375. The maximum atomic E-state index is 12.5. The molecule has 0 bridgehead atoms. The summed E-state index contributed by atoms with van der Waals surface area (Å²) >= 11 is 0. The number of hydrazone groups is 1. The standard InChI is InChI=1S/C21H18N2O4/c1-26-19-12-17-6-4-3-5-16(17)11-18(19)20(24)23-22-13-14-7-9-15(10-8-14)21(25)27-2/h3-13H,1-2H3,(H,23,24). The number of esters is 1. The van der Waals surface area contributed by atoms with Crippen molar-refractivity contribution in [3.05, 3.63) is 77.4 Å². The van der Waals surface area contributed by atoms with E-state index in [1.54, 1.807) is 30.3 Å². The van der Waals surface area contributed by atoms with Gasteiger partial charge in [-0.3, -0.25) is 4.79 Å². The van der Waals surface area contributed by atoms with Crippen LogP contribution < -0.4 is 10.2 Å². The number of hydrogen-bond acceptors (Lipinski definition) is 5. The molecule has 6 nitrogen and oxygen atoms in total. The molecule has 0 atom stereocenters. The molecule has 6 heteroatoms. The topological polar surface area (TPSA) is 77.0 Å². The summed E-state index contributed by atoms with van der Waals surface area (Å²) in [5.41, 5.74) is 4.07. The van der Waals surface area contributed by atoms with Crippen molar-refractivity contribution in [2.75, 3.05) is 14.2 Å². The van der Waals surface area contributed by atoms with E-state index in [1.807, 2.05) is 30.3 Å². The Hall–Kier alpha value is -3.67. The molecule has 0 aliphatic heterocycles. The number of hydrogen-bond donors (Lipinski definition) is 1. The third-order valence-corrected chi connectivity index (χ3v) is 4.02. The van der Waals surface area contributed by atoms with Crippen molar-refractivity contribution < 1.29 is 19.1 Å². The quantitative estimate of drug-likeness (QED) is 0.429. The average Bonchev–Trinajstić information content (AvgIpc) is 2.72. The number of nitrogens with zero attached hydrogens (tertiary/aromatic N) is 1. The van der Waals surface area contributed by atoms with Crippen LogP contribution in [0.4, 0.5) is 0 Å². The Bertz CT molecular complexity index is 1010. The summed E-state index contributed by atoms with van der Waals surface area (Å²) in [5, 5.41) is 5.89. The molecule has 3 aromatic carbocycles. The molecule has 0 radical (unpaired) electrons. The highest BCUT2D eigenvalue weighted by Crippen LogP contribution is 2.25. The molecule has 1 N–H and O–H groups in total. The van der Waals surface area contributed by atoms with E-state index in [-0.39, 0.29) is 5.91 Å². The first-order valence-corrected chi connectivity index (χ1v) is 8.21. The van der Waals surface area contributed by atoms with Crippen LogP contribution in [0.25, 0.3) is 10.8 Å². The third kappa shape index (κ3) is 4.12. The maximum Gasteiger partial charge on any atom is 0.337 e. The van der Waals surface area contributed by atoms with Crippen molar-refractivity contribution in [2.45, 2.75) is 0 Å². The van der Waals surface area contributed by atoms with E-state index in [9.17, 15) is 9.59 Å². The number of rotatable bonds is 5. The van der Waals surface area contributed by atoms with E-state index in [1.165, 1.54) is 20.4 Å². The highest BCUT2D eigenvalue weighted by molar-refractivity contribution is 6.02. The number of fused-ring (bicyclic) bond motifs is 1. The Labute approximate surface area is 156 Å². The van der Waals surface area contributed by atoms with Crippen LogP contribution in [0.2, 0.25) is 0 Å². The molecule has 3 rings (SSSR count). The fourth-order valence-corrected chi connectivity index (χ4v) is 2.61. The number of carbonyl (C=O) groups is 2. The van der Waals surface area contributed by atoms with Gasteiger partial charge in [0.2, 0.25) is 0 Å². The molecule has 0 saturated heterocycles. The first-order chi connectivity index (χ1) is 13.1. The van der Waals surface area contributed by atoms with Gasteiger partial charge in [0.1, 0.15) is 5.75 Å². The molecule has 0 heterocycles. The summed E-state index contributed by atoms with van der Waals surface area (Å²) < 4.78 is 9.98. The smallest absolute Gasteiger partial charge is 0.337 e. The Kier molecular flexibility index (Phi) is 5.47. The van der Waals surface area contributed by atoms with Crippen LogP contribution in [-0.4, -0.2) is 32.3 Å². The lowest BCUT2D eigenvalue weighted by molar-refractivity contribution is 0.0600. The van der Waals surface area contributed by atoms with Gasteiger partial charge in [-0.05, 0) is 40.6 Å². The fourth-order valence-electron chi connectivity index (χ4n) is 2.61. The Morgan fingerprint density at radius 1 is 0.963 bits per heavy atom. The highest BCUT2D eigenvalue weighted by atomic mass is 16.5. The van der Waals surface area contributed by atoms with Crippen molar-refractivity contribution >= 4 is 28.9 Å². The average molecular weight is 362 g/mol. The van der Waals surface area contributed by atoms with Gasteiger partial charge in [0.15, 0.2) is 0 Å². The summed E-state index contributed by atoms with van der Waals surface area (Å²) in [7, 11) is 2.85. The van der Waals surface area contributed by atoms with Crippen LogP contribution in [-0.2, 0) is 4.74 Å². The second kappa shape index (κ2) is 8.14. The van der Waals surface area contributed by atoms with Crippen LogP contribution in [0.5, 0.6) is 5.75 Å². The predicted molar refractivity (Wildman–Crippen MR) is 103 cm³/mol. The minimum atomic E-state index is -0.407. The predicted octanol–water partition coefficient (Wildman–Crippen LogP) is 3.40. The van der Waals surface area contributed by atoms with Crippen LogP contribution >= 0.6 is 0 Å². The third-order valence-electron chi connectivity index (χ3n) is 4.02. The number of benzene rings is 3. The molecule has 0 spiro atoms. The SMILES string of the molecule is COC(=O)c1ccc(C=NNC(=O)c2cc3ccccc3cc2OC)cc1.